The molecule has 1 rings (SSSR count). The smallest absolute Gasteiger partial charge is 0.246 e. The SMILES string of the molecule is CO[C@@H]1CCC[C@@H](N(C)C(=O)/C=C/CN(C)C)[C@H]1O. The molecule has 0 aromatic rings. The summed E-state index contributed by atoms with van der Waals surface area (Å²) in [5.41, 5.74) is 0. The Morgan fingerprint density at radius 3 is 2.63 bits per heavy atom. The summed E-state index contributed by atoms with van der Waals surface area (Å²) in [6.07, 6.45) is 5.29. The fraction of sp³-hybridized carbons (Fsp3) is 0.786. The summed E-state index contributed by atoms with van der Waals surface area (Å²) in [5.74, 6) is -0.0670. The molecule has 0 unspecified atom stereocenters. The normalized spacial score (nSPS) is 28.0. The van der Waals surface area contributed by atoms with Crippen LogP contribution in [-0.4, -0.2) is 73.9 Å². The van der Waals surface area contributed by atoms with Gasteiger partial charge in [-0.25, -0.2) is 0 Å². The molecule has 1 aliphatic carbocycles. The van der Waals surface area contributed by atoms with Gasteiger partial charge in [-0.3, -0.25) is 4.79 Å². The summed E-state index contributed by atoms with van der Waals surface area (Å²) < 4.78 is 5.26. The third kappa shape index (κ3) is 4.60. The van der Waals surface area contributed by atoms with E-state index in [2.05, 4.69) is 0 Å². The molecule has 0 aromatic heterocycles. The number of aliphatic hydroxyl groups excluding tert-OH is 1. The Labute approximate surface area is 115 Å². The molecule has 3 atom stereocenters. The van der Waals surface area contributed by atoms with Crippen molar-refractivity contribution in [3.63, 3.8) is 0 Å². The molecule has 1 aliphatic rings. The van der Waals surface area contributed by atoms with Crippen LogP contribution < -0.4 is 0 Å². The number of nitrogens with zero attached hydrogens (tertiary/aromatic N) is 2. The zero-order chi connectivity index (χ0) is 14.4. The highest BCUT2D eigenvalue weighted by atomic mass is 16.5. The Balaban J connectivity index is 2.58. The van der Waals surface area contributed by atoms with Crippen LogP contribution >= 0.6 is 0 Å². The van der Waals surface area contributed by atoms with Gasteiger partial charge in [-0.05, 0) is 33.4 Å². The van der Waals surface area contributed by atoms with Gasteiger partial charge in [0.25, 0.3) is 0 Å². The molecule has 1 amide bonds. The van der Waals surface area contributed by atoms with Crippen LogP contribution in [0.3, 0.4) is 0 Å². The number of carbonyl (C=O) groups excluding carboxylic acids is 1. The van der Waals surface area contributed by atoms with Crippen molar-refractivity contribution < 1.29 is 14.6 Å². The first kappa shape index (κ1) is 16.1. The quantitative estimate of drug-likeness (QED) is 0.739. The van der Waals surface area contributed by atoms with E-state index in [-0.39, 0.29) is 18.1 Å². The zero-order valence-electron chi connectivity index (χ0n) is 12.4. The number of amides is 1. The first-order chi connectivity index (χ1) is 8.97. The topological polar surface area (TPSA) is 53.0 Å². The van der Waals surface area contributed by atoms with Crippen molar-refractivity contribution in [2.75, 3.05) is 34.8 Å². The Bertz CT molecular complexity index is 318. The lowest BCUT2D eigenvalue weighted by atomic mass is 9.89. The van der Waals surface area contributed by atoms with Crippen molar-refractivity contribution in [3.05, 3.63) is 12.2 Å². The Kier molecular flexibility index (Phi) is 6.48. The first-order valence-electron chi connectivity index (χ1n) is 6.76. The number of hydrogen-bond acceptors (Lipinski definition) is 4. The summed E-state index contributed by atoms with van der Waals surface area (Å²) in [7, 11) is 7.25. The molecule has 0 heterocycles. The van der Waals surface area contributed by atoms with Crippen molar-refractivity contribution >= 4 is 5.91 Å². The number of aliphatic hydroxyl groups is 1. The van der Waals surface area contributed by atoms with Crippen molar-refractivity contribution in [2.45, 2.75) is 37.5 Å². The Hall–Kier alpha value is -0.910. The van der Waals surface area contributed by atoms with E-state index in [0.717, 1.165) is 25.8 Å². The summed E-state index contributed by atoms with van der Waals surface area (Å²) in [5, 5.41) is 10.2. The number of likely N-dealkylation sites (N-methyl/N-ethyl adjacent to an activating group) is 2. The van der Waals surface area contributed by atoms with E-state index in [1.54, 1.807) is 25.1 Å². The van der Waals surface area contributed by atoms with Crippen LogP contribution in [0.1, 0.15) is 19.3 Å². The van der Waals surface area contributed by atoms with E-state index in [9.17, 15) is 9.90 Å². The van der Waals surface area contributed by atoms with Gasteiger partial charge in [0.05, 0.1) is 12.1 Å². The van der Waals surface area contributed by atoms with Gasteiger partial charge in [-0.1, -0.05) is 6.08 Å². The molecule has 0 aliphatic heterocycles. The van der Waals surface area contributed by atoms with Gasteiger partial charge >= 0.3 is 0 Å². The lowest BCUT2D eigenvalue weighted by Gasteiger charge is -2.38. The number of carbonyl (C=O) groups is 1. The monoisotopic (exact) mass is 270 g/mol. The minimum Gasteiger partial charge on any atom is -0.388 e. The van der Waals surface area contributed by atoms with Crippen molar-refractivity contribution in [3.8, 4) is 0 Å². The average Bonchev–Trinajstić information content (AvgIpc) is 2.37. The minimum absolute atomic E-state index is 0.0670. The van der Waals surface area contributed by atoms with E-state index in [0.29, 0.717) is 0 Å². The van der Waals surface area contributed by atoms with E-state index in [1.165, 1.54) is 0 Å². The van der Waals surface area contributed by atoms with E-state index in [4.69, 9.17) is 4.74 Å². The van der Waals surface area contributed by atoms with Gasteiger partial charge in [0.15, 0.2) is 0 Å². The van der Waals surface area contributed by atoms with Gasteiger partial charge in [0.1, 0.15) is 6.10 Å². The largest absolute Gasteiger partial charge is 0.388 e. The van der Waals surface area contributed by atoms with Gasteiger partial charge < -0.3 is 19.6 Å². The molecule has 0 saturated heterocycles. The maximum absolute atomic E-state index is 12.0. The van der Waals surface area contributed by atoms with E-state index in [1.807, 2.05) is 25.1 Å². The van der Waals surface area contributed by atoms with Crippen LogP contribution in [0.25, 0.3) is 0 Å². The second-order valence-corrected chi connectivity index (χ2v) is 5.38. The molecule has 0 aromatic carbocycles. The molecule has 19 heavy (non-hydrogen) atoms. The van der Waals surface area contributed by atoms with Gasteiger partial charge in [0, 0.05) is 26.8 Å². The van der Waals surface area contributed by atoms with Crippen molar-refractivity contribution in [2.24, 2.45) is 0 Å². The second kappa shape index (κ2) is 7.62. The number of ether oxygens (including phenoxy) is 1. The molecule has 1 saturated carbocycles. The summed E-state index contributed by atoms with van der Waals surface area (Å²) in [4.78, 5) is 15.6. The van der Waals surface area contributed by atoms with Crippen LogP contribution in [0.5, 0.6) is 0 Å². The molecule has 0 spiro atoms. The fourth-order valence-corrected chi connectivity index (χ4v) is 2.44. The maximum atomic E-state index is 12.0. The highest BCUT2D eigenvalue weighted by molar-refractivity contribution is 5.87. The van der Waals surface area contributed by atoms with Gasteiger partial charge in [-0.15, -0.1) is 0 Å². The maximum Gasteiger partial charge on any atom is 0.246 e. The molecule has 0 radical (unpaired) electrons. The predicted molar refractivity (Wildman–Crippen MR) is 74.9 cm³/mol. The Morgan fingerprint density at radius 1 is 1.37 bits per heavy atom. The molecule has 110 valence electrons. The van der Waals surface area contributed by atoms with Crippen LogP contribution in [0.4, 0.5) is 0 Å². The van der Waals surface area contributed by atoms with Crippen LogP contribution in [0.2, 0.25) is 0 Å². The molecule has 5 nitrogen and oxygen atoms in total. The predicted octanol–water partition coefficient (Wildman–Crippen LogP) is 0.491. The molecule has 1 N–H and O–H groups in total. The van der Waals surface area contributed by atoms with Crippen molar-refractivity contribution in [1.82, 2.24) is 9.80 Å². The van der Waals surface area contributed by atoms with Crippen LogP contribution in [0.15, 0.2) is 12.2 Å². The van der Waals surface area contributed by atoms with E-state index < -0.39 is 6.10 Å². The minimum atomic E-state index is -0.602. The van der Waals surface area contributed by atoms with Crippen LogP contribution in [-0.2, 0) is 9.53 Å². The van der Waals surface area contributed by atoms with E-state index >= 15 is 0 Å². The lowest BCUT2D eigenvalue weighted by molar-refractivity contribution is -0.135. The highest BCUT2D eigenvalue weighted by Crippen LogP contribution is 2.24. The van der Waals surface area contributed by atoms with Crippen LogP contribution in [0, 0.1) is 0 Å². The average molecular weight is 270 g/mol. The molecule has 5 heteroatoms. The van der Waals surface area contributed by atoms with Crippen molar-refractivity contribution in [1.29, 1.82) is 0 Å². The number of hydrogen-bond donors (Lipinski definition) is 1. The molecular weight excluding hydrogens is 244 g/mol. The van der Waals surface area contributed by atoms with Gasteiger partial charge in [-0.2, -0.15) is 0 Å². The fourth-order valence-electron chi connectivity index (χ4n) is 2.44. The third-order valence-corrected chi connectivity index (χ3v) is 3.64. The number of rotatable bonds is 5. The standard InChI is InChI=1S/C14H26N2O3/c1-15(2)10-6-9-13(17)16(3)11-7-5-8-12(19-4)14(11)18/h6,9,11-12,14,18H,5,7-8,10H2,1-4H3/b9-6+/t11-,12-,14-/m1/s1. The lowest BCUT2D eigenvalue weighted by Crippen LogP contribution is -2.51. The summed E-state index contributed by atoms with van der Waals surface area (Å²) in [6, 6.07) is -0.157. The molecule has 0 bridgehead atoms. The highest BCUT2D eigenvalue weighted by Gasteiger charge is 2.35. The summed E-state index contributed by atoms with van der Waals surface area (Å²) in [6.45, 7) is 0.730. The number of methoxy groups -OCH3 is 1. The van der Waals surface area contributed by atoms with Gasteiger partial charge in [0.2, 0.25) is 5.91 Å². The Morgan fingerprint density at radius 2 is 2.05 bits per heavy atom. The molecular formula is C14H26N2O3. The zero-order valence-corrected chi connectivity index (χ0v) is 12.4. The molecule has 1 fully saturated rings. The first-order valence-corrected chi connectivity index (χ1v) is 6.76. The third-order valence-electron chi connectivity index (χ3n) is 3.64. The summed E-state index contributed by atoms with van der Waals surface area (Å²) >= 11 is 0. The second-order valence-electron chi connectivity index (χ2n) is 5.38.